The van der Waals surface area contributed by atoms with Crippen LogP contribution < -0.4 is 10.6 Å². The molecule has 2 atom stereocenters. The van der Waals surface area contributed by atoms with E-state index in [2.05, 4.69) is 29.0 Å². The Balaban J connectivity index is 1.26. The highest BCUT2D eigenvalue weighted by molar-refractivity contribution is 5.95. The number of carbonyl (C=O) groups excluding carboxylic acids is 5. The van der Waals surface area contributed by atoms with Crippen molar-refractivity contribution in [1.82, 2.24) is 20.5 Å². The lowest BCUT2D eigenvalue weighted by Crippen LogP contribution is -2.45. The van der Waals surface area contributed by atoms with Gasteiger partial charge < -0.3 is 34.9 Å². The largest absolute Gasteiger partial charge is 0.508 e. The van der Waals surface area contributed by atoms with E-state index < -0.39 is 36.5 Å². The van der Waals surface area contributed by atoms with Gasteiger partial charge in [0.05, 0.1) is 29.5 Å². The Morgan fingerprint density at radius 2 is 1.89 bits per heavy atom. The number of benzene rings is 1. The molecule has 0 radical (unpaired) electrons. The molecule has 0 saturated carbocycles. The van der Waals surface area contributed by atoms with Gasteiger partial charge in [0.2, 0.25) is 11.8 Å². The van der Waals surface area contributed by atoms with E-state index in [9.17, 15) is 29.1 Å². The highest BCUT2D eigenvalue weighted by Crippen LogP contribution is 2.51. The maximum absolute atomic E-state index is 13.6. The number of hydrogen-bond donors (Lipinski definition) is 3. The first kappa shape index (κ1) is 39.3. The average molecular weight is 731 g/mol. The smallest absolute Gasteiger partial charge is 0.317 e. The molecule has 53 heavy (non-hydrogen) atoms. The van der Waals surface area contributed by atoms with E-state index >= 15 is 0 Å². The average Bonchev–Trinajstić information content (AvgIpc) is 3.49. The lowest BCUT2D eigenvalue weighted by molar-refractivity contribution is -0.157. The number of ether oxygens (including phenoxy) is 3. The molecule has 1 aromatic carbocycles. The van der Waals surface area contributed by atoms with Gasteiger partial charge in [-0.3, -0.25) is 24.0 Å². The fourth-order valence-electron chi connectivity index (χ4n) is 7.50. The number of aromatic hydroxyl groups is 1. The monoisotopic (exact) mass is 730 g/mol. The maximum Gasteiger partial charge on any atom is 0.317 e. The highest BCUT2D eigenvalue weighted by Gasteiger charge is 2.50. The quantitative estimate of drug-likeness (QED) is 0.149. The normalized spacial score (nSPS) is 18.3. The van der Waals surface area contributed by atoms with Crippen molar-refractivity contribution in [1.29, 1.82) is 0 Å². The van der Waals surface area contributed by atoms with Crippen LogP contribution in [0.5, 0.6) is 5.75 Å². The first-order valence-corrected chi connectivity index (χ1v) is 18.3. The number of unbranched alkanes of at least 4 members (excludes halogenated alkanes) is 1. The molecule has 2 amide bonds. The van der Waals surface area contributed by atoms with Gasteiger partial charge in [0, 0.05) is 48.2 Å². The van der Waals surface area contributed by atoms with Gasteiger partial charge in [-0.05, 0) is 67.5 Å². The van der Waals surface area contributed by atoms with Crippen LogP contribution in [-0.2, 0) is 51.1 Å². The lowest BCUT2D eigenvalue weighted by Gasteiger charge is -2.41. The summed E-state index contributed by atoms with van der Waals surface area (Å²) in [7, 11) is 1.44. The van der Waals surface area contributed by atoms with Gasteiger partial charge in [-0.2, -0.15) is 0 Å². The number of esters is 1. The summed E-state index contributed by atoms with van der Waals surface area (Å²) in [6, 6.07) is 4.40. The lowest BCUT2D eigenvalue weighted by atomic mass is 9.69. The number of carbonyl (C=O) groups is 5. The molecule has 0 saturated heterocycles. The Morgan fingerprint density at radius 1 is 1.11 bits per heavy atom. The van der Waals surface area contributed by atoms with E-state index in [1.807, 2.05) is 13.0 Å². The number of phenols is 1. The molecule has 0 fully saturated rings. The zero-order valence-electron chi connectivity index (χ0n) is 31.3. The number of nitrogens with one attached hydrogen (secondary N) is 2. The SMILES string of the molecule is C=C1C2=C(C=C3c4nc5ccc(O)cc5c(CC)c4CN13)[C@](CC)(CC(=O)COCC(=O)NC(CCCCNC(=O)COC)C(=O)C(C)C)C(=O)OC2. The number of allylic oxidation sites excluding steroid dienone is 1. The number of methoxy groups -OCH3 is 1. The minimum Gasteiger partial charge on any atom is -0.508 e. The molecule has 0 bridgehead atoms. The van der Waals surface area contributed by atoms with Crippen LogP contribution in [0.4, 0.5) is 0 Å². The highest BCUT2D eigenvalue weighted by atomic mass is 16.5. The molecule has 13 heteroatoms. The van der Waals surface area contributed by atoms with E-state index in [0.717, 1.165) is 45.4 Å². The molecule has 0 aliphatic carbocycles. The molecule has 284 valence electrons. The predicted molar refractivity (Wildman–Crippen MR) is 197 cm³/mol. The Hall–Kier alpha value is -4.88. The summed E-state index contributed by atoms with van der Waals surface area (Å²) < 4.78 is 16.0. The van der Waals surface area contributed by atoms with E-state index in [1.54, 1.807) is 32.0 Å². The van der Waals surface area contributed by atoms with Gasteiger partial charge in [-0.25, -0.2) is 4.98 Å². The third-order valence-electron chi connectivity index (χ3n) is 10.3. The van der Waals surface area contributed by atoms with Crippen molar-refractivity contribution in [2.75, 3.05) is 40.1 Å². The number of hydrogen-bond acceptors (Lipinski definition) is 11. The molecule has 3 aliphatic rings. The number of phenolic OH excluding ortho intramolecular Hbond substituents is 1. The van der Waals surface area contributed by atoms with Crippen LogP contribution in [0.3, 0.4) is 0 Å². The fraction of sp³-hybridized carbons (Fsp3) is 0.500. The number of pyridine rings is 1. The zero-order valence-corrected chi connectivity index (χ0v) is 31.3. The van der Waals surface area contributed by atoms with Crippen LogP contribution in [0.1, 0.15) is 76.6 Å². The number of aryl methyl sites for hydroxylation is 1. The van der Waals surface area contributed by atoms with E-state index in [-0.39, 0.29) is 55.2 Å². The maximum atomic E-state index is 13.6. The molecule has 1 aromatic heterocycles. The summed E-state index contributed by atoms with van der Waals surface area (Å²) in [5, 5.41) is 16.6. The predicted octanol–water partition coefficient (Wildman–Crippen LogP) is 4.06. The number of Topliss-reactive ketones (excluding diaryl/α,β-unsaturated/α-hetero) is 2. The van der Waals surface area contributed by atoms with Crippen LogP contribution in [0, 0.1) is 11.3 Å². The summed E-state index contributed by atoms with van der Waals surface area (Å²) in [5.74, 6) is -1.91. The Kier molecular flexibility index (Phi) is 12.5. The van der Waals surface area contributed by atoms with Gasteiger partial charge in [0.1, 0.15) is 37.6 Å². The fourth-order valence-corrected chi connectivity index (χ4v) is 7.50. The molecular weight excluding hydrogens is 680 g/mol. The minimum atomic E-state index is -1.30. The summed E-state index contributed by atoms with van der Waals surface area (Å²) in [4.78, 5) is 71.4. The second-order valence-electron chi connectivity index (χ2n) is 14.1. The Labute approximate surface area is 309 Å². The van der Waals surface area contributed by atoms with E-state index in [4.69, 9.17) is 19.2 Å². The number of nitrogens with zero attached hydrogens (tertiary/aromatic N) is 2. The Morgan fingerprint density at radius 3 is 2.58 bits per heavy atom. The van der Waals surface area contributed by atoms with Crippen LogP contribution in [0.15, 0.2) is 47.7 Å². The molecular formula is C40H50N4O9. The van der Waals surface area contributed by atoms with Crippen molar-refractivity contribution in [3.63, 3.8) is 0 Å². The summed E-state index contributed by atoms with van der Waals surface area (Å²) in [5.41, 5.74) is 5.22. The van der Waals surface area contributed by atoms with Crippen molar-refractivity contribution in [3.05, 3.63) is 64.5 Å². The van der Waals surface area contributed by atoms with Gasteiger partial charge in [-0.1, -0.05) is 34.3 Å². The summed E-state index contributed by atoms with van der Waals surface area (Å²) in [6.45, 7) is 11.9. The van der Waals surface area contributed by atoms with Crippen LogP contribution in [-0.4, -0.2) is 90.5 Å². The number of amides is 2. The topological polar surface area (TPSA) is 173 Å². The van der Waals surface area contributed by atoms with Gasteiger partial charge >= 0.3 is 5.97 Å². The first-order chi connectivity index (χ1) is 25.3. The summed E-state index contributed by atoms with van der Waals surface area (Å²) >= 11 is 0. The number of aromatic nitrogens is 1. The standard InChI is InChI=1S/C40H50N4O9/c1-7-27-28-15-25(45)12-13-32(28)43-37-29(27)18-44-24(5)30-20-53-39(50)40(8-2,31(30)16-34(37)44)17-26(46)19-52-22-36(48)42-33(38(49)23(3)4)11-9-10-14-41-35(47)21-51-6/h12-13,15-16,23,33,45H,5,7-11,14,17-22H2,1-4,6H3,(H,41,47)(H,42,48)/t33?,40-/m0/s1. The van der Waals surface area contributed by atoms with Crippen molar-refractivity contribution in [2.24, 2.45) is 11.3 Å². The van der Waals surface area contributed by atoms with Crippen LogP contribution in [0.25, 0.3) is 16.6 Å². The molecule has 5 rings (SSSR count). The second kappa shape index (κ2) is 16.9. The third-order valence-corrected chi connectivity index (χ3v) is 10.3. The molecule has 1 unspecified atom stereocenters. The second-order valence-corrected chi connectivity index (χ2v) is 14.1. The van der Waals surface area contributed by atoms with Gasteiger partial charge in [0.15, 0.2) is 11.6 Å². The molecule has 0 spiro atoms. The summed E-state index contributed by atoms with van der Waals surface area (Å²) in [6.07, 6.45) is 4.34. The first-order valence-electron chi connectivity index (χ1n) is 18.3. The molecule has 3 aliphatic heterocycles. The van der Waals surface area contributed by atoms with Crippen LogP contribution >= 0.6 is 0 Å². The van der Waals surface area contributed by atoms with Crippen molar-refractivity contribution in [2.45, 2.75) is 78.8 Å². The van der Waals surface area contributed by atoms with Gasteiger partial charge in [-0.15, -0.1) is 0 Å². The number of rotatable bonds is 18. The number of fused-ring (bicyclic) bond motifs is 4. The Bertz CT molecular complexity index is 1880. The minimum absolute atomic E-state index is 0.0267. The molecule has 13 nitrogen and oxygen atoms in total. The van der Waals surface area contributed by atoms with Crippen molar-refractivity contribution < 1.29 is 43.3 Å². The number of ketones is 2. The van der Waals surface area contributed by atoms with E-state index in [0.29, 0.717) is 43.6 Å². The van der Waals surface area contributed by atoms with Crippen LogP contribution in [0.2, 0.25) is 0 Å². The van der Waals surface area contributed by atoms with Gasteiger partial charge in [0.25, 0.3) is 0 Å². The van der Waals surface area contributed by atoms with Crippen molar-refractivity contribution >= 4 is 46.0 Å². The third kappa shape index (κ3) is 8.21. The van der Waals surface area contributed by atoms with E-state index in [1.165, 1.54) is 7.11 Å². The molecule has 2 aromatic rings. The van der Waals surface area contributed by atoms with Crippen molar-refractivity contribution in [3.8, 4) is 5.75 Å². The molecule has 3 N–H and O–H groups in total. The molecule has 4 heterocycles. The zero-order chi connectivity index (χ0) is 38.4. The number of cyclic esters (lactones) is 1.